The highest BCUT2D eigenvalue weighted by molar-refractivity contribution is 5.87. The van der Waals surface area contributed by atoms with Crippen LogP contribution in [0.25, 0.3) is 0 Å². The number of carboxylic acid groups (broad SMARTS) is 1. The van der Waals surface area contributed by atoms with Gasteiger partial charge in [-0.05, 0) is 11.1 Å². The molecule has 0 aliphatic rings. The molecule has 24 heavy (non-hydrogen) atoms. The van der Waals surface area contributed by atoms with Crippen LogP contribution < -0.4 is 5.32 Å². The maximum atomic E-state index is 12.0. The lowest BCUT2D eigenvalue weighted by Gasteiger charge is -2.26. The molecule has 0 aliphatic heterocycles. The SMILES string of the molecule is C=C[C@](Cc1ccccc1)(NC(=O)OCc1ccccc1)C(=O)O. The van der Waals surface area contributed by atoms with Crippen molar-refractivity contribution in [1.82, 2.24) is 5.32 Å². The summed E-state index contributed by atoms with van der Waals surface area (Å²) in [7, 11) is 0. The van der Waals surface area contributed by atoms with Gasteiger partial charge in [-0.15, -0.1) is 6.58 Å². The fourth-order valence-corrected chi connectivity index (χ4v) is 2.24. The van der Waals surface area contributed by atoms with Crippen LogP contribution in [0.2, 0.25) is 0 Å². The number of hydrogen-bond acceptors (Lipinski definition) is 3. The van der Waals surface area contributed by atoms with Crippen LogP contribution in [-0.2, 0) is 22.6 Å². The molecule has 1 atom stereocenters. The molecular weight excluding hydrogens is 306 g/mol. The Balaban J connectivity index is 2.06. The summed E-state index contributed by atoms with van der Waals surface area (Å²) < 4.78 is 5.11. The van der Waals surface area contributed by atoms with Crippen molar-refractivity contribution in [1.29, 1.82) is 0 Å². The number of ether oxygens (including phenoxy) is 1. The minimum atomic E-state index is -1.63. The lowest BCUT2D eigenvalue weighted by atomic mass is 9.91. The summed E-state index contributed by atoms with van der Waals surface area (Å²) in [5.41, 5.74) is -0.0480. The average molecular weight is 325 g/mol. The third-order valence-corrected chi connectivity index (χ3v) is 3.59. The Bertz CT molecular complexity index is 700. The van der Waals surface area contributed by atoms with Crippen LogP contribution in [0, 0.1) is 0 Å². The number of aliphatic carboxylic acids is 1. The standard InChI is InChI=1S/C19H19NO4/c1-2-19(17(21)22,13-15-9-5-3-6-10-15)20-18(23)24-14-16-11-7-4-8-12-16/h2-12H,1,13-14H2,(H,20,23)(H,21,22)/t19-/m1/s1. The van der Waals surface area contributed by atoms with E-state index in [1.165, 1.54) is 6.08 Å². The van der Waals surface area contributed by atoms with E-state index in [4.69, 9.17) is 4.74 Å². The molecular formula is C19H19NO4. The Labute approximate surface area is 140 Å². The molecule has 0 unspecified atom stereocenters. The van der Waals surface area contributed by atoms with Crippen molar-refractivity contribution < 1.29 is 19.4 Å². The molecule has 1 amide bonds. The predicted molar refractivity (Wildman–Crippen MR) is 90.5 cm³/mol. The first-order valence-electron chi connectivity index (χ1n) is 7.45. The van der Waals surface area contributed by atoms with E-state index in [9.17, 15) is 14.7 Å². The maximum Gasteiger partial charge on any atom is 0.408 e. The first kappa shape index (κ1) is 17.3. The highest BCUT2D eigenvalue weighted by Crippen LogP contribution is 2.16. The Morgan fingerprint density at radius 1 is 1.04 bits per heavy atom. The predicted octanol–water partition coefficient (Wildman–Crippen LogP) is 3.16. The number of benzene rings is 2. The maximum absolute atomic E-state index is 12.0. The molecule has 2 rings (SSSR count). The van der Waals surface area contributed by atoms with Gasteiger partial charge in [-0.1, -0.05) is 66.7 Å². The van der Waals surface area contributed by atoms with E-state index in [2.05, 4.69) is 11.9 Å². The fourth-order valence-electron chi connectivity index (χ4n) is 2.24. The molecule has 0 saturated carbocycles. The van der Waals surface area contributed by atoms with Crippen molar-refractivity contribution in [3.63, 3.8) is 0 Å². The molecule has 0 radical (unpaired) electrons. The smallest absolute Gasteiger partial charge is 0.408 e. The van der Waals surface area contributed by atoms with Crippen molar-refractivity contribution in [2.24, 2.45) is 0 Å². The van der Waals surface area contributed by atoms with E-state index in [1.54, 1.807) is 24.3 Å². The number of carboxylic acids is 1. The largest absolute Gasteiger partial charge is 0.479 e. The van der Waals surface area contributed by atoms with Crippen LogP contribution >= 0.6 is 0 Å². The topological polar surface area (TPSA) is 75.6 Å². The molecule has 0 aliphatic carbocycles. The van der Waals surface area contributed by atoms with Gasteiger partial charge < -0.3 is 15.2 Å². The summed E-state index contributed by atoms with van der Waals surface area (Å²) in [6.45, 7) is 3.63. The zero-order chi connectivity index (χ0) is 17.4. The van der Waals surface area contributed by atoms with Gasteiger partial charge in [-0.25, -0.2) is 9.59 Å². The van der Waals surface area contributed by atoms with Gasteiger partial charge in [0.15, 0.2) is 5.54 Å². The fraction of sp³-hybridized carbons (Fsp3) is 0.158. The number of nitrogens with one attached hydrogen (secondary N) is 1. The number of carbonyl (C=O) groups is 2. The first-order valence-corrected chi connectivity index (χ1v) is 7.45. The van der Waals surface area contributed by atoms with Gasteiger partial charge in [0.1, 0.15) is 6.61 Å². The third-order valence-electron chi connectivity index (χ3n) is 3.59. The highest BCUT2D eigenvalue weighted by atomic mass is 16.5. The van der Waals surface area contributed by atoms with Crippen LogP contribution in [0.1, 0.15) is 11.1 Å². The van der Waals surface area contributed by atoms with Crippen molar-refractivity contribution >= 4 is 12.1 Å². The number of rotatable bonds is 7. The van der Waals surface area contributed by atoms with E-state index < -0.39 is 17.6 Å². The van der Waals surface area contributed by atoms with Crippen molar-refractivity contribution in [3.05, 3.63) is 84.4 Å². The number of carbonyl (C=O) groups excluding carboxylic acids is 1. The van der Waals surface area contributed by atoms with E-state index in [0.717, 1.165) is 11.1 Å². The second-order valence-corrected chi connectivity index (χ2v) is 5.33. The number of hydrogen-bond donors (Lipinski definition) is 2. The van der Waals surface area contributed by atoms with Crippen molar-refractivity contribution in [2.45, 2.75) is 18.6 Å². The Morgan fingerprint density at radius 3 is 2.08 bits per heavy atom. The Kier molecular flexibility index (Phi) is 5.73. The summed E-state index contributed by atoms with van der Waals surface area (Å²) in [5.74, 6) is -1.20. The number of amides is 1. The zero-order valence-corrected chi connectivity index (χ0v) is 13.1. The third kappa shape index (κ3) is 4.46. The monoisotopic (exact) mass is 325 g/mol. The molecule has 124 valence electrons. The Morgan fingerprint density at radius 2 is 1.58 bits per heavy atom. The van der Waals surface area contributed by atoms with Crippen LogP contribution in [0.5, 0.6) is 0 Å². The molecule has 0 saturated heterocycles. The van der Waals surface area contributed by atoms with Crippen LogP contribution in [0.15, 0.2) is 73.3 Å². The van der Waals surface area contributed by atoms with Gasteiger partial charge in [0.05, 0.1) is 0 Å². The molecule has 0 spiro atoms. The normalized spacial score (nSPS) is 12.7. The van der Waals surface area contributed by atoms with Crippen molar-refractivity contribution in [3.8, 4) is 0 Å². The molecule has 0 bridgehead atoms. The quantitative estimate of drug-likeness (QED) is 0.767. The van der Waals surface area contributed by atoms with Crippen molar-refractivity contribution in [2.75, 3.05) is 0 Å². The molecule has 2 aromatic rings. The molecule has 0 aromatic heterocycles. The second kappa shape index (κ2) is 7.97. The molecule has 5 heteroatoms. The summed E-state index contributed by atoms with van der Waals surface area (Å²) in [6, 6.07) is 18.2. The van der Waals surface area contributed by atoms with Crippen LogP contribution in [-0.4, -0.2) is 22.7 Å². The van der Waals surface area contributed by atoms with E-state index >= 15 is 0 Å². The average Bonchev–Trinajstić information content (AvgIpc) is 2.61. The van der Waals surface area contributed by atoms with Gasteiger partial charge in [0.25, 0.3) is 0 Å². The summed E-state index contributed by atoms with van der Waals surface area (Å²) in [5, 5.41) is 12.0. The van der Waals surface area contributed by atoms with E-state index in [-0.39, 0.29) is 13.0 Å². The van der Waals surface area contributed by atoms with E-state index in [0.29, 0.717) is 0 Å². The molecule has 5 nitrogen and oxygen atoms in total. The van der Waals surface area contributed by atoms with Gasteiger partial charge in [-0.2, -0.15) is 0 Å². The summed E-state index contributed by atoms with van der Waals surface area (Å²) in [6.07, 6.45) is 0.483. The van der Waals surface area contributed by atoms with Crippen LogP contribution in [0.4, 0.5) is 4.79 Å². The molecule has 2 N–H and O–H groups in total. The zero-order valence-electron chi connectivity index (χ0n) is 13.1. The lowest BCUT2D eigenvalue weighted by molar-refractivity contribution is -0.142. The van der Waals surface area contributed by atoms with E-state index in [1.807, 2.05) is 36.4 Å². The number of alkyl carbamates (subject to hydrolysis) is 1. The summed E-state index contributed by atoms with van der Waals surface area (Å²) >= 11 is 0. The molecule has 0 heterocycles. The summed E-state index contributed by atoms with van der Waals surface area (Å²) in [4.78, 5) is 23.8. The Hall–Kier alpha value is -3.08. The van der Waals surface area contributed by atoms with Gasteiger partial charge >= 0.3 is 12.1 Å². The molecule has 0 fully saturated rings. The second-order valence-electron chi connectivity index (χ2n) is 5.33. The van der Waals surface area contributed by atoms with Gasteiger partial charge in [-0.3, -0.25) is 0 Å². The van der Waals surface area contributed by atoms with Gasteiger partial charge in [0, 0.05) is 6.42 Å². The highest BCUT2D eigenvalue weighted by Gasteiger charge is 2.37. The minimum Gasteiger partial charge on any atom is -0.479 e. The van der Waals surface area contributed by atoms with Gasteiger partial charge in [0.2, 0.25) is 0 Å². The van der Waals surface area contributed by atoms with Crippen LogP contribution in [0.3, 0.4) is 0 Å². The first-order chi connectivity index (χ1) is 11.6. The minimum absolute atomic E-state index is 0.0604. The molecule has 2 aromatic carbocycles. The lowest BCUT2D eigenvalue weighted by Crippen LogP contribution is -2.54.